The molecule has 14 heavy (non-hydrogen) atoms. The van der Waals surface area contributed by atoms with Gasteiger partial charge in [-0.05, 0) is 17.7 Å². The Hall–Kier alpha value is -1.06. The van der Waals surface area contributed by atoms with Crippen LogP contribution in [0, 0.1) is 0 Å². The van der Waals surface area contributed by atoms with E-state index in [9.17, 15) is 0 Å². The summed E-state index contributed by atoms with van der Waals surface area (Å²) in [5.74, 6) is 0. The van der Waals surface area contributed by atoms with Gasteiger partial charge in [-0.15, -0.1) is 0 Å². The summed E-state index contributed by atoms with van der Waals surface area (Å²) < 4.78 is 10.3. The summed E-state index contributed by atoms with van der Waals surface area (Å²) in [5, 5.41) is 3.09. The molecular weight excluding hydrogens is 178 g/mol. The average Bonchev–Trinajstić information content (AvgIpc) is 2.25. The minimum absolute atomic E-state index is 0.638. The molecule has 1 aromatic carbocycles. The maximum atomic E-state index is 5.41. The van der Waals surface area contributed by atoms with Gasteiger partial charge in [0.2, 0.25) is 0 Å². The number of rotatable bonds is 6. The second-order valence-corrected chi connectivity index (χ2v) is 3.00. The molecule has 0 saturated heterocycles. The lowest BCUT2D eigenvalue weighted by atomic mass is 10.2. The summed E-state index contributed by atoms with van der Waals surface area (Å²) in [6.45, 7) is 1.92. The maximum Gasteiger partial charge on any atom is 0.0718 e. The van der Waals surface area contributed by atoms with E-state index >= 15 is 0 Å². The van der Waals surface area contributed by atoms with Crippen molar-refractivity contribution < 1.29 is 9.47 Å². The Labute approximate surface area is 85.0 Å². The molecule has 78 valence electrons. The molecule has 0 atom stereocenters. The van der Waals surface area contributed by atoms with Crippen molar-refractivity contribution in [2.24, 2.45) is 0 Å². The lowest BCUT2D eigenvalue weighted by Crippen LogP contribution is -2.02. The normalized spacial score (nSPS) is 10.1. The van der Waals surface area contributed by atoms with Gasteiger partial charge in [0.1, 0.15) is 0 Å². The Balaban J connectivity index is 2.34. The predicted octanol–water partition coefficient (Wildman–Crippen LogP) is 1.89. The smallest absolute Gasteiger partial charge is 0.0718 e. The number of ether oxygens (including phenoxy) is 2. The molecule has 0 aliphatic carbocycles. The monoisotopic (exact) mass is 195 g/mol. The van der Waals surface area contributed by atoms with Crippen molar-refractivity contribution in [3.8, 4) is 0 Å². The molecular formula is C11H17NO2. The van der Waals surface area contributed by atoms with Gasteiger partial charge in [-0.1, -0.05) is 12.1 Å². The van der Waals surface area contributed by atoms with E-state index in [1.54, 1.807) is 7.11 Å². The topological polar surface area (TPSA) is 30.5 Å². The average molecular weight is 195 g/mol. The van der Waals surface area contributed by atoms with Crippen LogP contribution in [0.3, 0.4) is 0 Å². The molecule has 3 nitrogen and oxygen atoms in total. The maximum absolute atomic E-state index is 5.41. The summed E-state index contributed by atoms with van der Waals surface area (Å²) in [6.07, 6.45) is 0. The summed E-state index contributed by atoms with van der Waals surface area (Å²) in [6, 6.07) is 8.17. The second kappa shape index (κ2) is 6.40. The standard InChI is InChI=1S/C11H17NO2/c1-12-11-5-3-4-10(8-11)9-14-7-6-13-2/h3-5,8,12H,6-7,9H2,1-2H3. The Bertz CT molecular complexity index is 263. The van der Waals surface area contributed by atoms with Gasteiger partial charge >= 0.3 is 0 Å². The lowest BCUT2D eigenvalue weighted by molar-refractivity contribution is 0.0617. The molecule has 1 rings (SSSR count). The quantitative estimate of drug-likeness (QED) is 0.703. The van der Waals surface area contributed by atoms with Gasteiger partial charge < -0.3 is 14.8 Å². The zero-order valence-corrected chi connectivity index (χ0v) is 8.75. The molecule has 3 heteroatoms. The molecule has 0 unspecified atom stereocenters. The Morgan fingerprint density at radius 2 is 2.14 bits per heavy atom. The number of benzene rings is 1. The third kappa shape index (κ3) is 3.77. The fourth-order valence-electron chi connectivity index (χ4n) is 1.15. The minimum atomic E-state index is 0.638. The van der Waals surface area contributed by atoms with Gasteiger partial charge in [0.15, 0.2) is 0 Å². The van der Waals surface area contributed by atoms with Crippen LogP contribution in [0.25, 0.3) is 0 Å². The zero-order chi connectivity index (χ0) is 10.2. The van der Waals surface area contributed by atoms with Crippen molar-refractivity contribution in [1.82, 2.24) is 0 Å². The number of hydrogen-bond donors (Lipinski definition) is 1. The fourth-order valence-corrected chi connectivity index (χ4v) is 1.15. The van der Waals surface area contributed by atoms with Crippen LogP contribution in [0.5, 0.6) is 0 Å². The lowest BCUT2D eigenvalue weighted by Gasteiger charge is -2.05. The van der Waals surface area contributed by atoms with Crippen LogP contribution in [0.1, 0.15) is 5.56 Å². The van der Waals surface area contributed by atoms with Crippen molar-refractivity contribution in [3.05, 3.63) is 29.8 Å². The Morgan fingerprint density at radius 1 is 1.29 bits per heavy atom. The highest BCUT2D eigenvalue weighted by atomic mass is 16.5. The van der Waals surface area contributed by atoms with Crippen LogP contribution < -0.4 is 5.32 Å². The highest BCUT2D eigenvalue weighted by molar-refractivity contribution is 5.44. The SMILES string of the molecule is CNc1cccc(COCCOC)c1. The molecule has 0 saturated carbocycles. The van der Waals surface area contributed by atoms with Crippen molar-refractivity contribution in [1.29, 1.82) is 0 Å². The predicted molar refractivity (Wildman–Crippen MR) is 57.5 cm³/mol. The highest BCUT2D eigenvalue weighted by Crippen LogP contribution is 2.10. The van der Waals surface area contributed by atoms with Crippen LogP contribution in [-0.4, -0.2) is 27.4 Å². The van der Waals surface area contributed by atoms with Crippen LogP contribution >= 0.6 is 0 Å². The summed E-state index contributed by atoms with van der Waals surface area (Å²) in [7, 11) is 3.58. The number of anilines is 1. The van der Waals surface area contributed by atoms with Crippen LogP contribution in [-0.2, 0) is 16.1 Å². The second-order valence-electron chi connectivity index (χ2n) is 3.00. The van der Waals surface area contributed by atoms with Crippen molar-refractivity contribution in [3.63, 3.8) is 0 Å². The molecule has 0 aromatic heterocycles. The summed E-state index contributed by atoms with van der Waals surface area (Å²) in [5.41, 5.74) is 2.28. The third-order valence-corrected chi connectivity index (χ3v) is 1.92. The van der Waals surface area contributed by atoms with Crippen molar-refractivity contribution in [2.75, 3.05) is 32.7 Å². The Kier molecular flexibility index (Phi) is 5.04. The molecule has 0 heterocycles. The molecule has 0 amide bonds. The van der Waals surface area contributed by atoms with Crippen LogP contribution in [0.15, 0.2) is 24.3 Å². The van der Waals surface area contributed by atoms with E-state index in [4.69, 9.17) is 9.47 Å². The highest BCUT2D eigenvalue weighted by Gasteiger charge is 1.94. The molecule has 0 aliphatic heterocycles. The first-order chi connectivity index (χ1) is 6.86. The third-order valence-electron chi connectivity index (χ3n) is 1.92. The van der Waals surface area contributed by atoms with E-state index < -0.39 is 0 Å². The first-order valence-electron chi connectivity index (χ1n) is 4.70. The van der Waals surface area contributed by atoms with Crippen molar-refractivity contribution in [2.45, 2.75) is 6.61 Å². The Morgan fingerprint density at radius 3 is 2.86 bits per heavy atom. The molecule has 0 spiro atoms. The number of nitrogens with one attached hydrogen (secondary N) is 1. The van der Waals surface area contributed by atoms with Gasteiger partial charge in [-0.25, -0.2) is 0 Å². The summed E-state index contributed by atoms with van der Waals surface area (Å²) >= 11 is 0. The zero-order valence-electron chi connectivity index (χ0n) is 8.75. The molecule has 1 N–H and O–H groups in total. The molecule has 0 bridgehead atoms. The first-order valence-corrected chi connectivity index (χ1v) is 4.70. The molecule has 1 aromatic rings. The van der Waals surface area contributed by atoms with Crippen LogP contribution in [0.4, 0.5) is 5.69 Å². The van der Waals surface area contributed by atoms with E-state index in [-0.39, 0.29) is 0 Å². The molecule has 0 fully saturated rings. The van der Waals surface area contributed by atoms with Gasteiger partial charge in [-0.3, -0.25) is 0 Å². The van der Waals surface area contributed by atoms with E-state index in [1.807, 2.05) is 25.2 Å². The minimum Gasteiger partial charge on any atom is -0.388 e. The van der Waals surface area contributed by atoms with Crippen LogP contribution in [0.2, 0.25) is 0 Å². The van der Waals surface area contributed by atoms with E-state index in [2.05, 4.69) is 11.4 Å². The molecule has 0 aliphatic rings. The number of hydrogen-bond acceptors (Lipinski definition) is 3. The first kappa shape index (κ1) is 11.0. The fraction of sp³-hybridized carbons (Fsp3) is 0.455. The van der Waals surface area contributed by atoms with E-state index in [0.29, 0.717) is 19.8 Å². The van der Waals surface area contributed by atoms with Crippen molar-refractivity contribution >= 4 is 5.69 Å². The molecule has 0 radical (unpaired) electrons. The largest absolute Gasteiger partial charge is 0.388 e. The number of methoxy groups -OCH3 is 1. The van der Waals surface area contributed by atoms with Gasteiger partial charge in [0.05, 0.1) is 19.8 Å². The van der Waals surface area contributed by atoms with Gasteiger partial charge in [0, 0.05) is 19.8 Å². The van der Waals surface area contributed by atoms with Gasteiger partial charge in [-0.2, -0.15) is 0 Å². The van der Waals surface area contributed by atoms with E-state index in [1.165, 1.54) is 5.56 Å². The summed E-state index contributed by atoms with van der Waals surface area (Å²) in [4.78, 5) is 0. The van der Waals surface area contributed by atoms with E-state index in [0.717, 1.165) is 5.69 Å². The van der Waals surface area contributed by atoms with Gasteiger partial charge in [0.25, 0.3) is 0 Å².